The molecular formula is C49H43Cl2F4N7O3. The average molecular weight is 925 g/mol. The molecule has 3 aromatic heterocycles. The van der Waals surface area contributed by atoms with E-state index < -0.39 is 33.8 Å². The van der Waals surface area contributed by atoms with Gasteiger partial charge in [0.2, 0.25) is 5.28 Å². The minimum atomic E-state index is -4.97. The first-order chi connectivity index (χ1) is 31.4. The third-order valence-electron chi connectivity index (χ3n) is 11.9. The van der Waals surface area contributed by atoms with Crippen LogP contribution in [0.2, 0.25) is 10.3 Å². The number of aryl methyl sites for hydroxylation is 2. The van der Waals surface area contributed by atoms with Crippen molar-refractivity contribution in [3.63, 3.8) is 0 Å². The van der Waals surface area contributed by atoms with E-state index in [1.807, 2.05) is 70.5 Å². The van der Waals surface area contributed by atoms with E-state index in [1.165, 1.54) is 13.0 Å². The van der Waals surface area contributed by atoms with Gasteiger partial charge < -0.3 is 29.3 Å². The van der Waals surface area contributed by atoms with E-state index in [4.69, 9.17) is 42.4 Å². The number of hydrogen-bond acceptors (Lipinski definition) is 10. The van der Waals surface area contributed by atoms with Gasteiger partial charge in [0.05, 0.1) is 54.0 Å². The van der Waals surface area contributed by atoms with Crippen LogP contribution in [-0.4, -0.2) is 47.3 Å². The molecule has 10 nitrogen and oxygen atoms in total. The van der Waals surface area contributed by atoms with E-state index >= 15 is 17.6 Å². The Morgan fingerprint density at radius 2 is 1.55 bits per heavy atom. The summed E-state index contributed by atoms with van der Waals surface area (Å²) in [5, 5.41) is 2.91. The van der Waals surface area contributed by atoms with Gasteiger partial charge in [0.25, 0.3) is 0 Å². The Kier molecular flexibility index (Phi) is 12.3. The molecule has 1 aliphatic heterocycles. The van der Waals surface area contributed by atoms with Crippen LogP contribution in [0.4, 0.5) is 35.0 Å². The zero-order valence-electron chi connectivity index (χ0n) is 35.6. The van der Waals surface area contributed by atoms with E-state index in [9.17, 15) is 0 Å². The first kappa shape index (κ1) is 43.9. The Labute approximate surface area is 383 Å². The van der Waals surface area contributed by atoms with Crippen molar-refractivity contribution in [3.8, 4) is 28.5 Å². The molecule has 0 saturated heterocycles. The summed E-state index contributed by atoms with van der Waals surface area (Å²) >= 11 is 13.8. The maximum absolute atomic E-state index is 17.7. The Balaban J connectivity index is 1.19. The predicted molar refractivity (Wildman–Crippen MR) is 245 cm³/mol. The van der Waals surface area contributed by atoms with Gasteiger partial charge in [-0.2, -0.15) is 18.2 Å². The molecule has 1 aliphatic carbocycles. The van der Waals surface area contributed by atoms with E-state index in [2.05, 4.69) is 20.3 Å². The molecule has 1 unspecified atom stereocenters. The summed E-state index contributed by atoms with van der Waals surface area (Å²) in [4.78, 5) is 22.2. The molecule has 0 amide bonds. The molecule has 4 heterocycles. The summed E-state index contributed by atoms with van der Waals surface area (Å²) in [5.74, 6) is 1.16. The molecule has 4 aromatic carbocycles. The summed E-state index contributed by atoms with van der Waals surface area (Å²) < 4.78 is 80.8. The standard InChI is InChI=1S/C49H43Cl2F4N7O3/c1-28-24-36(61(26-30-12-16-33(63-2)17-13-30)27-31-14-18-34(64-3)19-15-31)58-43(40(28)49(53,54)55)38-41(50)45-39-44(42(38)52)59-48(51)60-47(39)62(22-23-65-45)35-11-7-10-32-20-21-56-46(37(32)35)57-25-29-8-5-4-6-9-29/h4-6,8-9,12-21,24,35H,7,10-11,22-23,25-27H2,1-3H3,(H,56,57). The lowest BCUT2D eigenvalue weighted by Crippen LogP contribution is -2.35. The number of nitrogens with one attached hydrogen (secondary N) is 1. The van der Waals surface area contributed by atoms with Gasteiger partial charge in [0.1, 0.15) is 41.1 Å². The number of ether oxygens (including phenoxy) is 3. The number of methoxy groups -OCH3 is 2. The van der Waals surface area contributed by atoms with Gasteiger partial charge in [-0.1, -0.05) is 66.2 Å². The molecule has 0 radical (unpaired) electrons. The lowest BCUT2D eigenvalue weighted by Gasteiger charge is -2.37. The highest BCUT2D eigenvalue weighted by atomic mass is 35.5. The molecule has 0 spiro atoms. The smallest absolute Gasteiger partial charge is 0.418 e. The highest BCUT2D eigenvalue weighted by Gasteiger charge is 2.41. The molecule has 16 heteroatoms. The molecule has 2 aliphatic rings. The minimum absolute atomic E-state index is 0.0306. The van der Waals surface area contributed by atoms with Crippen LogP contribution in [0.3, 0.4) is 0 Å². The Hall–Kier alpha value is -6.38. The number of nitrogens with zero attached hydrogens (tertiary/aromatic N) is 6. The van der Waals surface area contributed by atoms with Crippen molar-refractivity contribution in [2.75, 3.05) is 42.5 Å². The Morgan fingerprint density at radius 1 is 0.877 bits per heavy atom. The van der Waals surface area contributed by atoms with Crippen molar-refractivity contribution in [1.29, 1.82) is 0 Å². The summed E-state index contributed by atoms with van der Waals surface area (Å²) in [7, 11) is 3.12. The first-order valence-electron chi connectivity index (χ1n) is 21.0. The average Bonchev–Trinajstić information content (AvgIpc) is 3.50. The van der Waals surface area contributed by atoms with Gasteiger partial charge >= 0.3 is 6.18 Å². The van der Waals surface area contributed by atoms with Crippen molar-refractivity contribution < 1.29 is 31.8 Å². The van der Waals surface area contributed by atoms with Crippen LogP contribution in [0, 0.1) is 12.7 Å². The van der Waals surface area contributed by atoms with Crippen LogP contribution in [-0.2, 0) is 32.2 Å². The van der Waals surface area contributed by atoms with Crippen LogP contribution < -0.4 is 29.3 Å². The summed E-state index contributed by atoms with van der Waals surface area (Å²) in [6.45, 7) is 2.59. The van der Waals surface area contributed by atoms with Crippen molar-refractivity contribution in [1.82, 2.24) is 19.9 Å². The maximum atomic E-state index is 17.7. The molecule has 0 saturated carbocycles. The zero-order chi connectivity index (χ0) is 45.4. The van der Waals surface area contributed by atoms with Crippen LogP contribution >= 0.6 is 23.2 Å². The molecule has 334 valence electrons. The zero-order valence-corrected chi connectivity index (χ0v) is 37.2. The summed E-state index contributed by atoms with van der Waals surface area (Å²) in [6.07, 6.45) is -0.830. The highest BCUT2D eigenvalue weighted by Crippen LogP contribution is 2.52. The second-order valence-electron chi connectivity index (χ2n) is 16.0. The quantitative estimate of drug-likeness (QED) is 0.0942. The van der Waals surface area contributed by atoms with Crippen molar-refractivity contribution in [3.05, 3.63) is 152 Å². The second kappa shape index (κ2) is 18.2. The van der Waals surface area contributed by atoms with E-state index in [-0.39, 0.29) is 71.4 Å². The number of hydrogen-bond donors (Lipinski definition) is 1. The fourth-order valence-corrected chi connectivity index (χ4v) is 9.37. The summed E-state index contributed by atoms with van der Waals surface area (Å²) in [5.41, 5.74) is 1.75. The van der Waals surface area contributed by atoms with E-state index in [1.54, 1.807) is 44.7 Å². The third-order valence-corrected chi connectivity index (χ3v) is 12.4. The van der Waals surface area contributed by atoms with Crippen LogP contribution in [0.1, 0.15) is 57.8 Å². The fourth-order valence-electron chi connectivity index (χ4n) is 8.88. The van der Waals surface area contributed by atoms with E-state index in [0.717, 1.165) is 40.7 Å². The number of fused-ring (bicyclic) bond motifs is 1. The molecule has 0 bridgehead atoms. The molecule has 65 heavy (non-hydrogen) atoms. The number of pyridine rings is 2. The third kappa shape index (κ3) is 8.76. The monoisotopic (exact) mass is 923 g/mol. The summed E-state index contributed by atoms with van der Waals surface area (Å²) in [6, 6.07) is 27.6. The first-order valence-corrected chi connectivity index (χ1v) is 21.8. The number of halogens is 6. The van der Waals surface area contributed by atoms with Crippen molar-refractivity contribution in [2.45, 2.75) is 58.0 Å². The molecule has 1 N–H and O–H groups in total. The predicted octanol–water partition coefficient (Wildman–Crippen LogP) is 12.0. The van der Waals surface area contributed by atoms with Gasteiger partial charge in [0.15, 0.2) is 11.6 Å². The number of alkyl halides is 3. The Bertz CT molecular complexity index is 2820. The molecule has 1 atom stereocenters. The number of rotatable bonds is 12. The van der Waals surface area contributed by atoms with Gasteiger partial charge in [-0.15, -0.1) is 0 Å². The van der Waals surface area contributed by atoms with Gasteiger partial charge in [-0.25, -0.2) is 19.3 Å². The highest BCUT2D eigenvalue weighted by molar-refractivity contribution is 6.37. The van der Waals surface area contributed by atoms with Crippen LogP contribution in [0.25, 0.3) is 22.2 Å². The second-order valence-corrected chi connectivity index (χ2v) is 16.7. The van der Waals surface area contributed by atoms with Gasteiger partial charge in [-0.3, -0.25) is 0 Å². The molecule has 7 aromatic rings. The van der Waals surface area contributed by atoms with Gasteiger partial charge in [-0.05, 0) is 102 Å². The maximum Gasteiger partial charge on any atom is 0.418 e. The normalized spacial score (nSPS) is 14.7. The van der Waals surface area contributed by atoms with Crippen molar-refractivity contribution >= 4 is 51.6 Å². The van der Waals surface area contributed by atoms with Crippen molar-refractivity contribution in [2.24, 2.45) is 0 Å². The molecule has 0 fully saturated rings. The lowest BCUT2D eigenvalue weighted by atomic mass is 9.87. The minimum Gasteiger partial charge on any atom is -0.497 e. The number of aromatic nitrogens is 4. The fraction of sp³-hybridized carbons (Fsp3) is 0.265. The molecule has 9 rings (SSSR count). The SMILES string of the molecule is COc1ccc(CN(Cc2ccc(OC)cc2)c2cc(C)c(C(F)(F)F)c(-c3c(Cl)c4c5c(nc(Cl)nc5c3F)N(C3CCCc5ccnc(NCc6ccccc6)c53)CCO4)n2)cc1. The van der Waals surface area contributed by atoms with Gasteiger partial charge in [0, 0.05) is 31.4 Å². The number of anilines is 3. The largest absolute Gasteiger partial charge is 0.497 e. The number of benzene rings is 4. The lowest BCUT2D eigenvalue weighted by molar-refractivity contribution is -0.137. The van der Waals surface area contributed by atoms with Crippen LogP contribution in [0.15, 0.2) is 97.2 Å². The molecular weight excluding hydrogens is 881 g/mol. The topological polar surface area (TPSA) is 97.8 Å². The Morgan fingerprint density at radius 3 is 2.20 bits per heavy atom. The van der Waals surface area contributed by atoms with Crippen LogP contribution in [0.5, 0.6) is 17.2 Å². The van der Waals surface area contributed by atoms with E-state index in [0.29, 0.717) is 30.3 Å².